The number of benzene rings is 1. The number of rotatable bonds is 7. The summed E-state index contributed by atoms with van der Waals surface area (Å²) in [6.07, 6.45) is 5.64. The highest BCUT2D eigenvalue weighted by atomic mass is 16.7. The van der Waals surface area contributed by atoms with E-state index >= 15 is 0 Å². The maximum atomic E-state index is 9.39. The second-order valence-electron chi connectivity index (χ2n) is 5.16. The van der Waals surface area contributed by atoms with Gasteiger partial charge < -0.3 is 9.47 Å². The fourth-order valence-corrected chi connectivity index (χ4v) is 2.83. The second kappa shape index (κ2) is 7.97. The quantitative estimate of drug-likeness (QED) is 0.564. The number of hydrogen-bond acceptors (Lipinski definition) is 3. The Morgan fingerprint density at radius 3 is 2.71 bits per heavy atom. The van der Waals surface area contributed by atoms with Gasteiger partial charge in [-0.05, 0) is 55.9 Å². The van der Waals surface area contributed by atoms with Crippen LogP contribution in [0, 0.1) is 11.3 Å². The van der Waals surface area contributed by atoms with E-state index in [2.05, 4.69) is 24.3 Å². The van der Waals surface area contributed by atoms with Crippen molar-refractivity contribution in [3.63, 3.8) is 0 Å². The highest BCUT2D eigenvalue weighted by Gasteiger charge is 2.15. The van der Waals surface area contributed by atoms with Gasteiger partial charge in [0.15, 0.2) is 6.29 Å². The number of aryl methyl sites for hydroxylation is 1. The molecule has 2 rings (SSSR count). The molecule has 0 amide bonds. The smallest absolute Gasteiger partial charge is 0.162 e. The van der Waals surface area contributed by atoms with Gasteiger partial charge in [-0.3, -0.25) is 0 Å². The molecule has 0 heterocycles. The lowest BCUT2D eigenvalue weighted by Crippen LogP contribution is -2.17. The Labute approximate surface area is 127 Å². The van der Waals surface area contributed by atoms with Gasteiger partial charge in [-0.15, -0.1) is 0 Å². The Morgan fingerprint density at radius 2 is 2.05 bits per heavy atom. The molecule has 0 bridgehead atoms. The van der Waals surface area contributed by atoms with E-state index in [4.69, 9.17) is 9.47 Å². The highest BCUT2D eigenvalue weighted by Crippen LogP contribution is 2.27. The van der Waals surface area contributed by atoms with Gasteiger partial charge in [0.2, 0.25) is 0 Å². The maximum absolute atomic E-state index is 9.39. The van der Waals surface area contributed by atoms with E-state index in [0.717, 1.165) is 12.8 Å². The first-order valence-electron chi connectivity index (χ1n) is 7.73. The molecular weight excluding hydrogens is 262 g/mol. The molecule has 3 heteroatoms. The fourth-order valence-electron chi connectivity index (χ4n) is 2.83. The van der Waals surface area contributed by atoms with E-state index in [0.29, 0.717) is 25.2 Å². The number of hydrogen-bond donors (Lipinski definition) is 0. The summed E-state index contributed by atoms with van der Waals surface area (Å²) in [7, 11) is 0. The molecule has 0 aliphatic heterocycles. The summed E-state index contributed by atoms with van der Waals surface area (Å²) in [5.74, 6) is 0. The molecule has 3 nitrogen and oxygen atoms in total. The summed E-state index contributed by atoms with van der Waals surface area (Å²) < 4.78 is 11.1. The average molecular weight is 285 g/mol. The lowest BCUT2D eigenvalue weighted by Gasteiger charge is -2.16. The normalized spacial score (nSPS) is 14.3. The SMILES string of the molecule is CCOC(C/C(C#N)=C/c1cccc2c1CCC2)OCC. The molecule has 112 valence electrons. The summed E-state index contributed by atoms with van der Waals surface area (Å²) in [5.41, 5.74) is 4.71. The summed E-state index contributed by atoms with van der Waals surface area (Å²) >= 11 is 0. The molecule has 1 aliphatic carbocycles. The predicted octanol–water partition coefficient (Wildman–Crippen LogP) is 3.87. The van der Waals surface area contributed by atoms with E-state index in [1.807, 2.05) is 19.9 Å². The lowest BCUT2D eigenvalue weighted by molar-refractivity contribution is -0.133. The van der Waals surface area contributed by atoms with E-state index in [9.17, 15) is 5.26 Å². The van der Waals surface area contributed by atoms with Crippen LogP contribution in [-0.4, -0.2) is 19.5 Å². The number of nitrogens with zero attached hydrogens (tertiary/aromatic N) is 1. The van der Waals surface area contributed by atoms with Crippen molar-refractivity contribution in [2.75, 3.05) is 13.2 Å². The van der Waals surface area contributed by atoms with Gasteiger partial charge in [0.25, 0.3) is 0 Å². The highest BCUT2D eigenvalue weighted by molar-refractivity contribution is 5.62. The summed E-state index contributed by atoms with van der Waals surface area (Å²) in [6.45, 7) is 5.05. The van der Waals surface area contributed by atoms with Crippen molar-refractivity contribution in [2.24, 2.45) is 0 Å². The van der Waals surface area contributed by atoms with Crippen LogP contribution in [0.4, 0.5) is 0 Å². The zero-order chi connectivity index (χ0) is 15.1. The number of ether oxygens (including phenoxy) is 2. The van der Waals surface area contributed by atoms with E-state index in [-0.39, 0.29) is 6.29 Å². The van der Waals surface area contributed by atoms with E-state index < -0.39 is 0 Å². The van der Waals surface area contributed by atoms with Crippen molar-refractivity contribution in [1.29, 1.82) is 5.26 Å². The van der Waals surface area contributed by atoms with Gasteiger partial charge in [-0.2, -0.15) is 5.26 Å². The third-order valence-corrected chi connectivity index (χ3v) is 3.75. The van der Waals surface area contributed by atoms with Crippen LogP contribution < -0.4 is 0 Å². The zero-order valence-electron chi connectivity index (χ0n) is 12.9. The van der Waals surface area contributed by atoms with Crippen LogP contribution in [0.3, 0.4) is 0 Å². The molecule has 0 atom stereocenters. The third kappa shape index (κ3) is 4.17. The minimum atomic E-state index is -0.331. The first kappa shape index (κ1) is 15.8. The van der Waals surface area contributed by atoms with Crippen LogP contribution in [0.25, 0.3) is 6.08 Å². The van der Waals surface area contributed by atoms with Crippen molar-refractivity contribution >= 4 is 6.08 Å². The fraction of sp³-hybridized carbons (Fsp3) is 0.500. The van der Waals surface area contributed by atoms with Crippen LogP contribution in [-0.2, 0) is 22.3 Å². The number of fused-ring (bicyclic) bond motifs is 1. The van der Waals surface area contributed by atoms with Crippen molar-refractivity contribution in [1.82, 2.24) is 0 Å². The van der Waals surface area contributed by atoms with Gasteiger partial charge in [0, 0.05) is 25.2 Å². The molecular formula is C18H23NO2. The van der Waals surface area contributed by atoms with Gasteiger partial charge in [-0.1, -0.05) is 18.2 Å². The summed E-state index contributed by atoms with van der Waals surface area (Å²) in [4.78, 5) is 0. The van der Waals surface area contributed by atoms with Crippen LogP contribution >= 0.6 is 0 Å². The van der Waals surface area contributed by atoms with Gasteiger partial charge in [0.05, 0.1) is 6.07 Å². The zero-order valence-corrected chi connectivity index (χ0v) is 12.9. The van der Waals surface area contributed by atoms with Crippen molar-refractivity contribution in [3.8, 4) is 6.07 Å². The van der Waals surface area contributed by atoms with Crippen LogP contribution in [0.1, 0.15) is 43.4 Å². The van der Waals surface area contributed by atoms with Crippen molar-refractivity contribution in [3.05, 3.63) is 40.5 Å². The molecule has 0 fully saturated rings. The Balaban J connectivity index is 2.17. The molecule has 0 unspecified atom stereocenters. The maximum Gasteiger partial charge on any atom is 0.162 e. The predicted molar refractivity (Wildman–Crippen MR) is 83.7 cm³/mol. The molecule has 21 heavy (non-hydrogen) atoms. The van der Waals surface area contributed by atoms with E-state index in [1.54, 1.807) is 0 Å². The molecule has 1 aromatic carbocycles. The number of nitriles is 1. The summed E-state index contributed by atoms with van der Waals surface area (Å²) in [5, 5.41) is 9.39. The molecule has 1 aromatic rings. The van der Waals surface area contributed by atoms with Gasteiger partial charge in [-0.25, -0.2) is 0 Å². The molecule has 0 aromatic heterocycles. The Kier molecular flexibility index (Phi) is 5.98. The van der Waals surface area contributed by atoms with Crippen molar-refractivity contribution < 1.29 is 9.47 Å². The summed E-state index contributed by atoms with van der Waals surface area (Å²) in [6, 6.07) is 8.65. The van der Waals surface area contributed by atoms with E-state index in [1.165, 1.54) is 23.1 Å². The average Bonchev–Trinajstić information content (AvgIpc) is 2.96. The van der Waals surface area contributed by atoms with Gasteiger partial charge in [0.1, 0.15) is 0 Å². The molecule has 0 spiro atoms. The molecule has 0 saturated heterocycles. The standard InChI is InChI=1S/C18H23NO2/c1-3-20-18(21-4-2)12-14(13-19)11-16-9-5-7-15-8-6-10-17(15)16/h5,7,9,11,18H,3-4,6,8,10,12H2,1-2H3/b14-11-. The lowest BCUT2D eigenvalue weighted by atomic mass is 10.0. The molecule has 1 aliphatic rings. The van der Waals surface area contributed by atoms with Crippen LogP contribution in [0.2, 0.25) is 0 Å². The second-order valence-corrected chi connectivity index (χ2v) is 5.16. The van der Waals surface area contributed by atoms with Crippen LogP contribution in [0.5, 0.6) is 0 Å². The molecule has 0 saturated carbocycles. The molecule has 0 radical (unpaired) electrons. The monoisotopic (exact) mass is 285 g/mol. The minimum absolute atomic E-state index is 0.331. The Hall–Kier alpha value is -1.63. The largest absolute Gasteiger partial charge is 0.353 e. The topological polar surface area (TPSA) is 42.2 Å². The first-order valence-corrected chi connectivity index (χ1v) is 7.73. The Bertz CT molecular complexity index is 537. The van der Waals surface area contributed by atoms with Crippen molar-refractivity contribution in [2.45, 2.75) is 45.8 Å². The van der Waals surface area contributed by atoms with Gasteiger partial charge >= 0.3 is 0 Å². The Morgan fingerprint density at radius 1 is 1.29 bits per heavy atom. The molecule has 0 N–H and O–H groups in total. The van der Waals surface area contributed by atoms with Crippen LogP contribution in [0.15, 0.2) is 23.8 Å². The first-order chi connectivity index (χ1) is 10.3. The third-order valence-electron chi connectivity index (χ3n) is 3.75. The minimum Gasteiger partial charge on any atom is -0.353 e.